The van der Waals surface area contributed by atoms with E-state index in [1.807, 2.05) is 0 Å². The summed E-state index contributed by atoms with van der Waals surface area (Å²) in [4.78, 5) is 25.2. The summed E-state index contributed by atoms with van der Waals surface area (Å²) in [5.74, 6) is -0.250. The number of rotatable bonds is 5. The molecule has 1 aromatic carbocycles. The number of carbonyl (C=O) groups excluding carboxylic acids is 1. The van der Waals surface area contributed by atoms with Gasteiger partial charge in [0.05, 0.1) is 26.6 Å². The molecule has 1 amide bonds. The molecule has 6 nitrogen and oxygen atoms in total. The molecule has 1 fully saturated rings. The number of methoxy groups -OCH3 is 2. The van der Waals surface area contributed by atoms with Crippen LogP contribution in [0.5, 0.6) is 11.5 Å². The Bertz CT molecular complexity index is 604. The Morgan fingerprint density at radius 1 is 1.30 bits per heavy atom. The van der Waals surface area contributed by atoms with E-state index >= 15 is 0 Å². The van der Waals surface area contributed by atoms with Gasteiger partial charge in [-0.3, -0.25) is 9.59 Å². The first-order valence-corrected chi connectivity index (χ1v) is 8.16. The van der Waals surface area contributed by atoms with Crippen molar-refractivity contribution in [2.24, 2.45) is 5.92 Å². The van der Waals surface area contributed by atoms with Gasteiger partial charge in [-0.25, -0.2) is 0 Å². The lowest BCUT2D eigenvalue weighted by atomic mass is 9.97. The van der Waals surface area contributed by atoms with Crippen LogP contribution in [0.2, 0.25) is 0 Å². The number of hydrogen-bond acceptors (Lipinski definition) is 4. The Morgan fingerprint density at radius 2 is 1.96 bits per heavy atom. The van der Waals surface area contributed by atoms with Gasteiger partial charge in [0.1, 0.15) is 0 Å². The number of halogens is 1. The third-order valence-corrected chi connectivity index (χ3v) is 4.76. The molecule has 7 heteroatoms. The van der Waals surface area contributed by atoms with Crippen LogP contribution in [0.25, 0.3) is 0 Å². The third-order valence-electron chi connectivity index (χ3n) is 4.02. The highest BCUT2D eigenvalue weighted by Crippen LogP contribution is 2.33. The molecule has 1 N–H and O–H groups in total. The molecule has 1 aliphatic heterocycles. The number of hydrogen-bond donors (Lipinski definition) is 1. The van der Waals surface area contributed by atoms with E-state index in [4.69, 9.17) is 14.6 Å². The van der Waals surface area contributed by atoms with Gasteiger partial charge < -0.3 is 19.5 Å². The van der Waals surface area contributed by atoms with E-state index in [-0.39, 0.29) is 18.9 Å². The van der Waals surface area contributed by atoms with Crippen molar-refractivity contribution in [3.63, 3.8) is 0 Å². The van der Waals surface area contributed by atoms with Crippen LogP contribution in [0.15, 0.2) is 16.6 Å². The summed E-state index contributed by atoms with van der Waals surface area (Å²) >= 11 is 3.44. The Morgan fingerprint density at radius 3 is 2.57 bits per heavy atom. The van der Waals surface area contributed by atoms with E-state index in [9.17, 15) is 9.59 Å². The van der Waals surface area contributed by atoms with Gasteiger partial charge in [0.15, 0.2) is 11.5 Å². The molecule has 1 heterocycles. The molecule has 0 saturated carbocycles. The SMILES string of the molecule is COc1cc(Br)c(CC(=O)N2CCCC(C(=O)O)C2)cc1OC. The van der Waals surface area contributed by atoms with Crippen molar-refractivity contribution in [2.75, 3.05) is 27.3 Å². The first kappa shape index (κ1) is 17.6. The summed E-state index contributed by atoms with van der Waals surface area (Å²) in [5, 5.41) is 9.12. The Labute approximate surface area is 143 Å². The van der Waals surface area contributed by atoms with Crippen molar-refractivity contribution in [1.29, 1.82) is 0 Å². The second kappa shape index (κ2) is 7.68. The fraction of sp³-hybridized carbons (Fsp3) is 0.500. The number of benzene rings is 1. The Hall–Kier alpha value is -1.76. The van der Waals surface area contributed by atoms with Crippen molar-refractivity contribution in [1.82, 2.24) is 4.90 Å². The summed E-state index contributed by atoms with van der Waals surface area (Å²) < 4.78 is 11.2. The van der Waals surface area contributed by atoms with Gasteiger partial charge >= 0.3 is 5.97 Å². The zero-order valence-electron chi connectivity index (χ0n) is 13.2. The summed E-state index contributed by atoms with van der Waals surface area (Å²) in [6.07, 6.45) is 1.53. The average Bonchev–Trinajstić information content (AvgIpc) is 2.56. The standard InChI is InChI=1S/C16H20BrNO5/c1-22-13-6-11(12(17)8-14(13)23-2)7-15(19)18-5-3-4-10(9-18)16(20)21/h6,8,10H,3-5,7,9H2,1-2H3,(H,20,21). The van der Waals surface area contributed by atoms with Crippen LogP contribution >= 0.6 is 15.9 Å². The maximum Gasteiger partial charge on any atom is 0.308 e. The Balaban J connectivity index is 2.12. The minimum atomic E-state index is -0.838. The number of aliphatic carboxylic acids is 1. The lowest BCUT2D eigenvalue weighted by molar-refractivity contribution is -0.145. The van der Waals surface area contributed by atoms with E-state index < -0.39 is 11.9 Å². The zero-order valence-corrected chi connectivity index (χ0v) is 14.8. The molecule has 1 atom stereocenters. The van der Waals surface area contributed by atoms with Crippen molar-refractivity contribution < 1.29 is 24.2 Å². The van der Waals surface area contributed by atoms with Crippen LogP contribution in [-0.4, -0.2) is 49.2 Å². The number of piperidine rings is 1. The highest BCUT2D eigenvalue weighted by molar-refractivity contribution is 9.10. The van der Waals surface area contributed by atoms with E-state index in [0.29, 0.717) is 24.5 Å². The smallest absolute Gasteiger partial charge is 0.308 e. The normalized spacial score (nSPS) is 17.7. The topological polar surface area (TPSA) is 76.1 Å². The lowest BCUT2D eigenvalue weighted by Crippen LogP contribution is -2.43. The summed E-state index contributed by atoms with van der Waals surface area (Å²) in [7, 11) is 3.09. The molecule has 0 spiro atoms. The quantitative estimate of drug-likeness (QED) is 0.841. The molecule has 1 unspecified atom stereocenters. The Kier molecular flexibility index (Phi) is 5.87. The van der Waals surface area contributed by atoms with Crippen LogP contribution in [0.4, 0.5) is 0 Å². The molecule has 0 aliphatic carbocycles. The molecule has 2 rings (SSSR count). The van der Waals surface area contributed by atoms with Crippen molar-refractivity contribution in [2.45, 2.75) is 19.3 Å². The second-order valence-electron chi connectivity index (χ2n) is 5.49. The summed E-state index contributed by atoms with van der Waals surface area (Å²) in [6, 6.07) is 3.52. The first-order valence-electron chi connectivity index (χ1n) is 7.37. The highest BCUT2D eigenvalue weighted by Gasteiger charge is 2.28. The monoisotopic (exact) mass is 385 g/mol. The number of likely N-dealkylation sites (tertiary alicyclic amines) is 1. The number of amides is 1. The molecule has 1 aromatic rings. The van der Waals surface area contributed by atoms with E-state index in [0.717, 1.165) is 16.5 Å². The number of ether oxygens (including phenoxy) is 2. The van der Waals surface area contributed by atoms with E-state index in [2.05, 4.69) is 15.9 Å². The van der Waals surface area contributed by atoms with Crippen LogP contribution in [-0.2, 0) is 16.0 Å². The van der Waals surface area contributed by atoms with Gasteiger partial charge in [-0.15, -0.1) is 0 Å². The second-order valence-corrected chi connectivity index (χ2v) is 6.35. The van der Waals surface area contributed by atoms with Gasteiger partial charge in [-0.2, -0.15) is 0 Å². The minimum Gasteiger partial charge on any atom is -0.493 e. The predicted octanol–water partition coefficient (Wildman–Crippen LogP) is 2.33. The largest absolute Gasteiger partial charge is 0.493 e. The van der Waals surface area contributed by atoms with Crippen LogP contribution in [0, 0.1) is 5.92 Å². The molecule has 126 valence electrons. The molecule has 0 radical (unpaired) electrons. The maximum absolute atomic E-state index is 12.5. The van der Waals surface area contributed by atoms with Gasteiger partial charge in [0.2, 0.25) is 5.91 Å². The van der Waals surface area contributed by atoms with Crippen molar-refractivity contribution in [3.8, 4) is 11.5 Å². The average molecular weight is 386 g/mol. The minimum absolute atomic E-state index is 0.0798. The lowest BCUT2D eigenvalue weighted by Gasteiger charge is -2.31. The fourth-order valence-electron chi connectivity index (χ4n) is 2.71. The number of nitrogens with zero attached hydrogens (tertiary/aromatic N) is 1. The summed E-state index contributed by atoms with van der Waals surface area (Å²) in [6.45, 7) is 0.882. The molecular weight excluding hydrogens is 366 g/mol. The number of carbonyl (C=O) groups is 2. The molecule has 1 aliphatic rings. The number of carboxylic acid groups (broad SMARTS) is 1. The highest BCUT2D eigenvalue weighted by atomic mass is 79.9. The van der Waals surface area contributed by atoms with Gasteiger partial charge in [-0.1, -0.05) is 15.9 Å². The summed E-state index contributed by atoms with van der Waals surface area (Å²) in [5.41, 5.74) is 0.782. The van der Waals surface area contributed by atoms with Crippen molar-refractivity contribution in [3.05, 3.63) is 22.2 Å². The van der Waals surface area contributed by atoms with Gasteiger partial charge in [-0.05, 0) is 30.5 Å². The van der Waals surface area contributed by atoms with Gasteiger partial charge in [0.25, 0.3) is 0 Å². The maximum atomic E-state index is 12.5. The third kappa shape index (κ3) is 4.16. The predicted molar refractivity (Wildman–Crippen MR) is 87.9 cm³/mol. The fourth-order valence-corrected chi connectivity index (χ4v) is 3.17. The first-order chi connectivity index (χ1) is 11.0. The van der Waals surface area contributed by atoms with Gasteiger partial charge in [0, 0.05) is 17.6 Å². The molecule has 0 aromatic heterocycles. The van der Waals surface area contributed by atoms with Crippen LogP contribution < -0.4 is 9.47 Å². The number of carboxylic acids is 1. The van der Waals surface area contributed by atoms with Crippen molar-refractivity contribution >= 4 is 27.8 Å². The van der Waals surface area contributed by atoms with E-state index in [1.54, 1.807) is 31.3 Å². The van der Waals surface area contributed by atoms with Crippen LogP contribution in [0.3, 0.4) is 0 Å². The molecule has 0 bridgehead atoms. The molecule has 1 saturated heterocycles. The zero-order chi connectivity index (χ0) is 17.0. The van der Waals surface area contributed by atoms with E-state index in [1.165, 1.54) is 0 Å². The molecular formula is C16H20BrNO5. The molecule has 23 heavy (non-hydrogen) atoms. The van der Waals surface area contributed by atoms with Crippen LogP contribution in [0.1, 0.15) is 18.4 Å².